The number of halogens is 1. The molecule has 1 fully saturated rings. The number of hydrogen-bond donors (Lipinski definition) is 1. The number of esters is 1. The number of fused-ring (bicyclic) bond motifs is 1. The van der Waals surface area contributed by atoms with Gasteiger partial charge in [0.25, 0.3) is 0 Å². The molecule has 1 N–H and O–H groups in total. The van der Waals surface area contributed by atoms with Crippen LogP contribution in [0.2, 0.25) is 5.02 Å². The molecular weight excluding hydrogens is 506 g/mol. The van der Waals surface area contributed by atoms with E-state index in [4.69, 9.17) is 21.2 Å². The number of nitrogens with zero attached hydrogens (tertiary/aromatic N) is 1. The van der Waals surface area contributed by atoms with Gasteiger partial charge in [0.2, 0.25) is 0 Å². The number of aliphatic hydroxyl groups excluding tert-OH is 1. The van der Waals surface area contributed by atoms with Gasteiger partial charge in [0.15, 0.2) is 5.78 Å². The maximum Gasteiger partial charge on any atom is 0.308 e. The SMILES string of the molecule is CCC(O)CC(=O)CCC1C(C)C(=O)C=C2C(=NOCc3ccccc3Cl)CCC(OC(=O)C(C)CC)C21. The van der Waals surface area contributed by atoms with Gasteiger partial charge in [-0.2, -0.15) is 0 Å². The minimum absolute atomic E-state index is 0.0315. The van der Waals surface area contributed by atoms with Crippen molar-refractivity contribution >= 4 is 34.8 Å². The predicted octanol–water partition coefficient (Wildman–Crippen LogP) is 5.85. The van der Waals surface area contributed by atoms with Gasteiger partial charge in [-0.1, -0.05) is 62.7 Å². The van der Waals surface area contributed by atoms with E-state index in [1.54, 1.807) is 12.1 Å². The Kier molecular flexibility index (Phi) is 11.1. The standard InChI is InChI=1S/C30H40ClNO6/c1-5-18(3)30(36)38-28-14-13-26(32-37-17-20-9-7-8-10-25(20)31)24-16-27(35)19(4)23(29(24)28)12-11-22(34)15-21(33)6-2/h7-10,16,18-19,21,23,28-29,33H,5-6,11-15,17H2,1-4H3. The van der Waals surface area contributed by atoms with E-state index in [0.717, 1.165) is 11.1 Å². The molecule has 38 heavy (non-hydrogen) atoms. The first-order valence-corrected chi connectivity index (χ1v) is 14.1. The molecule has 0 bridgehead atoms. The first-order chi connectivity index (χ1) is 18.2. The van der Waals surface area contributed by atoms with Crippen molar-refractivity contribution in [3.8, 4) is 0 Å². The van der Waals surface area contributed by atoms with Crippen LogP contribution < -0.4 is 0 Å². The number of aliphatic hydroxyl groups is 1. The fourth-order valence-electron chi connectivity index (χ4n) is 5.21. The van der Waals surface area contributed by atoms with Crippen molar-refractivity contribution in [1.82, 2.24) is 0 Å². The molecule has 0 heterocycles. The summed E-state index contributed by atoms with van der Waals surface area (Å²) in [5, 5.41) is 14.9. The van der Waals surface area contributed by atoms with Crippen molar-refractivity contribution in [2.75, 3.05) is 0 Å². The fourth-order valence-corrected chi connectivity index (χ4v) is 5.40. The Balaban J connectivity index is 1.86. The molecule has 1 aromatic carbocycles. The van der Waals surface area contributed by atoms with Gasteiger partial charge in [-0.05, 0) is 55.7 Å². The summed E-state index contributed by atoms with van der Waals surface area (Å²) in [6, 6.07) is 7.37. The third-order valence-corrected chi connectivity index (χ3v) is 8.30. The number of benzene rings is 1. The Morgan fingerprint density at radius 3 is 2.63 bits per heavy atom. The maximum absolute atomic E-state index is 13.1. The molecule has 2 aliphatic carbocycles. The van der Waals surface area contributed by atoms with Crippen molar-refractivity contribution < 1.29 is 29.1 Å². The second-order valence-corrected chi connectivity index (χ2v) is 11.0. The first kappa shape index (κ1) is 30.0. The second kappa shape index (κ2) is 14.0. The summed E-state index contributed by atoms with van der Waals surface area (Å²) >= 11 is 6.24. The zero-order chi connectivity index (χ0) is 27.8. The number of allylic oxidation sites excluding steroid dienone is 1. The van der Waals surface area contributed by atoms with E-state index in [1.165, 1.54) is 0 Å². The first-order valence-electron chi connectivity index (χ1n) is 13.7. The van der Waals surface area contributed by atoms with Crippen LogP contribution in [0.4, 0.5) is 0 Å². The van der Waals surface area contributed by atoms with Crippen LogP contribution in [0.3, 0.4) is 0 Å². The molecule has 0 radical (unpaired) electrons. The number of rotatable bonds is 12. The summed E-state index contributed by atoms with van der Waals surface area (Å²) in [6.07, 6.45) is 3.62. The van der Waals surface area contributed by atoms with Crippen LogP contribution in [-0.4, -0.2) is 40.6 Å². The van der Waals surface area contributed by atoms with Gasteiger partial charge >= 0.3 is 5.97 Å². The van der Waals surface area contributed by atoms with Crippen molar-refractivity contribution in [1.29, 1.82) is 0 Å². The number of ether oxygens (including phenoxy) is 1. The number of hydrogen-bond acceptors (Lipinski definition) is 7. The fraction of sp³-hybridized carbons (Fsp3) is 0.600. The zero-order valence-electron chi connectivity index (χ0n) is 22.8. The summed E-state index contributed by atoms with van der Waals surface area (Å²) in [4.78, 5) is 44.1. The van der Waals surface area contributed by atoms with Crippen LogP contribution in [0.5, 0.6) is 0 Å². The normalized spacial score (nSPS) is 25.8. The van der Waals surface area contributed by atoms with E-state index >= 15 is 0 Å². The highest BCUT2D eigenvalue weighted by Crippen LogP contribution is 2.44. The predicted molar refractivity (Wildman–Crippen MR) is 147 cm³/mol. The quantitative estimate of drug-likeness (QED) is 0.261. The molecule has 1 saturated carbocycles. The van der Waals surface area contributed by atoms with Crippen LogP contribution in [0, 0.1) is 23.7 Å². The largest absolute Gasteiger partial charge is 0.461 e. The minimum atomic E-state index is -0.656. The lowest BCUT2D eigenvalue weighted by molar-refractivity contribution is -0.158. The van der Waals surface area contributed by atoms with Gasteiger partial charge in [0.05, 0.1) is 17.7 Å². The van der Waals surface area contributed by atoms with Crippen molar-refractivity contribution in [2.45, 2.75) is 91.5 Å². The third-order valence-electron chi connectivity index (χ3n) is 7.93. The topological polar surface area (TPSA) is 102 Å². The van der Waals surface area contributed by atoms with Gasteiger partial charge in [-0.3, -0.25) is 14.4 Å². The average molecular weight is 546 g/mol. The highest BCUT2D eigenvalue weighted by Gasteiger charge is 2.46. The van der Waals surface area contributed by atoms with Crippen LogP contribution in [-0.2, 0) is 30.6 Å². The number of ketones is 2. The van der Waals surface area contributed by atoms with E-state index in [1.807, 2.05) is 45.9 Å². The molecule has 0 spiro atoms. The molecule has 2 aliphatic rings. The van der Waals surface area contributed by atoms with E-state index in [2.05, 4.69) is 5.16 Å². The van der Waals surface area contributed by atoms with Gasteiger partial charge in [0, 0.05) is 35.3 Å². The average Bonchev–Trinajstić information content (AvgIpc) is 2.90. The molecule has 0 aliphatic heterocycles. The van der Waals surface area contributed by atoms with Gasteiger partial charge in [-0.25, -0.2) is 0 Å². The van der Waals surface area contributed by atoms with Crippen molar-refractivity contribution in [3.05, 3.63) is 46.5 Å². The Morgan fingerprint density at radius 2 is 1.95 bits per heavy atom. The van der Waals surface area contributed by atoms with Crippen LogP contribution in [0.1, 0.15) is 78.2 Å². The summed E-state index contributed by atoms with van der Waals surface area (Å²) in [7, 11) is 0. The summed E-state index contributed by atoms with van der Waals surface area (Å²) in [5.41, 5.74) is 2.20. The molecule has 0 aromatic heterocycles. The molecular formula is C30H40ClNO6. The van der Waals surface area contributed by atoms with E-state index in [-0.39, 0.29) is 60.7 Å². The van der Waals surface area contributed by atoms with Crippen molar-refractivity contribution in [2.24, 2.45) is 28.8 Å². The van der Waals surface area contributed by atoms with E-state index in [0.29, 0.717) is 42.8 Å². The number of Topliss-reactive ketones (excluding diaryl/α,β-unsaturated/α-hetero) is 1. The zero-order valence-corrected chi connectivity index (χ0v) is 23.6. The monoisotopic (exact) mass is 545 g/mol. The Labute approximate surface area is 230 Å². The molecule has 6 atom stereocenters. The number of carbonyl (C=O) groups excluding carboxylic acids is 3. The Hall–Kier alpha value is -2.51. The molecule has 7 nitrogen and oxygen atoms in total. The summed E-state index contributed by atoms with van der Waals surface area (Å²) < 4.78 is 6.02. The molecule has 3 rings (SSSR count). The molecule has 8 heteroatoms. The van der Waals surface area contributed by atoms with E-state index < -0.39 is 12.2 Å². The smallest absolute Gasteiger partial charge is 0.308 e. The van der Waals surface area contributed by atoms with Gasteiger partial charge in [-0.15, -0.1) is 0 Å². The Bertz CT molecular complexity index is 1070. The molecule has 1 aromatic rings. The van der Waals surface area contributed by atoms with Gasteiger partial charge in [0.1, 0.15) is 18.5 Å². The highest BCUT2D eigenvalue weighted by molar-refractivity contribution is 6.31. The lowest BCUT2D eigenvalue weighted by atomic mass is 9.63. The Morgan fingerprint density at radius 1 is 1.21 bits per heavy atom. The number of oxime groups is 1. The maximum atomic E-state index is 13.1. The summed E-state index contributed by atoms with van der Waals surface area (Å²) in [6.45, 7) is 7.69. The third kappa shape index (κ3) is 7.54. The highest BCUT2D eigenvalue weighted by atomic mass is 35.5. The van der Waals surface area contributed by atoms with Crippen LogP contribution >= 0.6 is 11.6 Å². The lowest BCUT2D eigenvalue weighted by Gasteiger charge is -2.43. The molecule has 0 saturated heterocycles. The lowest BCUT2D eigenvalue weighted by Crippen LogP contribution is -2.46. The molecule has 0 amide bonds. The van der Waals surface area contributed by atoms with Crippen LogP contribution in [0.25, 0.3) is 0 Å². The van der Waals surface area contributed by atoms with Crippen LogP contribution in [0.15, 0.2) is 41.1 Å². The number of carbonyl (C=O) groups is 3. The second-order valence-electron chi connectivity index (χ2n) is 10.6. The van der Waals surface area contributed by atoms with E-state index in [9.17, 15) is 19.5 Å². The van der Waals surface area contributed by atoms with Crippen molar-refractivity contribution in [3.63, 3.8) is 0 Å². The van der Waals surface area contributed by atoms with Gasteiger partial charge < -0.3 is 14.7 Å². The minimum Gasteiger partial charge on any atom is -0.461 e. The molecule has 6 unspecified atom stereocenters. The summed E-state index contributed by atoms with van der Waals surface area (Å²) in [5.74, 6) is -1.34. The molecule has 208 valence electrons.